The first-order valence-electron chi connectivity index (χ1n) is 9.31. The van der Waals surface area contributed by atoms with Crippen molar-refractivity contribution in [1.82, 2.24) is 10.2 Å². The van der Waals surface area contributed by atoms with Gasteiger partial charge in [-0.15, -0.1) is 0 Å². The summed E-state index contributed by atoms with van der Waals surface area (Å²) < 4.78 is 0. The van der Waals surface area contributed by atoms with E-state index in [4.69, 9.17) is 0 Å². The number of hydrogen-bond donors (Lipinski definition) is 1. The maximum atomic E-state index is 3.63. The van der Waals surface area contributed by atoms with E-state index < -0.39 is 0 Å². The van der Waals surface area contributed by atoms with Crippen LogP contribution in [0.25, 0.3) is 0 Å². The molecule has 2 unspecified atom stereocenters. The molecular formula is C19H40N2. The molecule has 0 aliphatic heterocycles. The largest absolute Gasteiger partial charge is 0.315 e. The average Bonchev–Trinajstić information content (AvgIpc) is 2.37. The molecule has 0 bridgehead atoms. The van der Waals surface area contributed by atoms with Crippen LogP contribution < -0.4 is 5.32 Å². The number of rotatable bonds is 3. The minimum atomic E-state index is 0.386. The molecule has 1 fully saturated rings. The Bertz CT molecular complexity index is 257. The summed E-state index contributed by atoms with van der Waals surface area (Å²) in [6.45, 7) is 8.25. The van der Waals surface area contributed by atoms with E-state index in [1.807, 2.05) is 0 Å². The second kappa shape index (κ2) is 9.84. The minimum absolute atomic E-state index is 0.386. The lowest BCUT2D eigenvalue weighted by Crippen LogP contribution is -2.49. The molecule has 2 heteroatoms. The van der Waals surface area contributed by atoms with Crippen molar-refractivity contribution in [3.05, 3.63) is 0 Å². The van der Waals surface area contributed by atoms with Gasteiger partial charge >= 0.3 is 0 Å². The zero-order valence-corrected chi connectivity index (χ0v) is 15.4. The van der Waals surface area contributed by atoms with E-state index in [9.17, 15) is 0 Å². The van der Waals surface area contributed by atoms with E-state index in [-0.39, 0.29) is 0 Å². The van der Waals surface area contributed by atoms with Crippen LogP contribution in [-0.2, 0) is 0 Å². The van der Waals surface area contributed by atoms with Crippen molar-refractivity contribution < 1.29 is 0 Å². The Kier molecular flexibility index (Phi) is 8.89. The molecule has 0 aromatic heterocycles. The van der Waals surface area contributed by atoms with Crippen molar-refractivity contribution in [2.45, 2.75) is 97.1 Å². The summed E-state index contributed by atoms with van der Waals surface area (Å²) in [7, 11) is 4.50. The fourth-order valence-corrected chi connectivity index (χ4v) is 3.90. The van der Waals surface area contributed by atoms with E-state index in [1.165, 1.54) is 70.8 Å². The van der Waals surface area contributed by atoms with Crippen LogP contribution in [0.5, 0.6) is 0 Å². The second-order valence-corrected chi connectivity index (χ2v) is 8.34. The number of nitrogens with one attached hydrogen (secondary N) is 1. The van der Waals surface area contributed by atoms with Crippen molar-refractivity contribution in [3.63, 3.8) is 0 Å². The lowest BCUT2D eigenvalue weighted by Gasteiger charge is -2.38. The van der Waals surface area contributed by atoms with Gasteiger partial charge in [0.2, 0.25) is 0 Å². The molecule has 0 amide bonds. The molecule has 1 aliphatic carbocycles. The van der Waals surface area contributed by atoms with Gasteiger partial charge in [-0.05, 0) is 32.4 Å². The Morgan fingerprint density at radius 2 is 1.33 bits per heavy atom. The van der Waals surface area contributed by atoms with Gasteiger partial charge in [0.1, 0.15) is 0 Å². The highest BCUT2D eigenvalue weighted by atomic mass is 15.2. The first-order valence-corrected chi connectivity index (χ1v) is 9.31. The molecule has 1 N–H and O–H groups in total. The van der Waals surface area contributed by atoms with Gasteiger partial charge in [-0.3, -0.25) is 0 Å². The summed E-state index contributed by atoms with van der Waals surface area (Å²) in [6, 6.07) is 1.37. The monoisotopic (exact) mass is 296 g/mol. The maximum Gasteiger partial charge on any atom is 0.0246 e. The van der Waals surface area contributed by atoms with Crippen LogP contribution in [-0.4, -0.2) is 37.6 Å². The first kappa shape index (κ1) is 19.0. The molecule has 21 heavy (non-hydrogen) atoms. The van der Waals surface area contributed by atoms with Gasteiger partial charge < -0.3 is 10.2 Å². The zero-order valence-electron chi connectivity index (χ0n) is 15.4. The summed E-state index contributed by atoms with van der Waals surface area (Å²) in [4.78, 5) is 2.63. The van der Waals surface area contributed by atoms with Gasteiger partial charge in [0, 0.05) is 18.6 Å². The lowest BCUT2D eigenvalue weighted by atomic mass is 9.90. The molecule has 0 aromatic rings. The normalized spacial score (nSPS) is 27.1. The van der Waals surface area contributed by atoms with E-state index in [0.717, 1.165) is 0 Å². The molecule has 0 aromatic carbocycles. The van der Waals surface area contributed by atoms with E-state index in [2.05, 4.69) is 45.1 Å². The highest BCUT2D eigenvalue weighted by molar-refractivity contribution is 4.84. The molecule has 0 radical (unpaired) electrons. The molecule has 2 nitrogen and oxygen atoms in total. The van der Waals surface area contributed by atoms with Crippen LogP contribution in [0, 0.1) is 5.41 Å². The Hall–Kier alpha value is -0.0800. The summed E-state index contributed by atoms with van der Waals surface area (Å²) in [5, 5.41) is 3.63. The predicted molar refractivity (Wildman–Crippen MR) is 94.9 cm³/mol. The number of hydrogen-bond acceptors (Lipinski definition) is 2. The summed E-state index contributed by atoms with van der Waals surface area (Å²) in [5.74, 6) is 0. The van der Waals surface area contributed by atoms with Crippen molar-refractivity contribution in [2.75, 3.05) is 20.6 Å². The third kappa shape index (κ3) is 8.21. The Labute approximate surface area is 134 Å². The van der Waals surface area contributed by atoms with Gasteiger partial charge in [0.25, 0.3) is 0 Å². The molecular weight excluding hydrogens is 256 g/mol. The van der Waals surface area contributed by atoms with Crippen LogP contribution >= 0.6 is 0 Å². The van der Waals surface area contributed by atoms with Gasteiger partial charge in [-0.2, -0.15) is 0 Å². The van der Waals surface area contributed by atoms with Gasteiger partial charge in [0.15, 0.2) is 0 Å². The maximum absolute atomic E-state index is 3.63. The zero-order chi connectivity index (χ0) is 15.7. The van der Waals surface area contributed by atoms with Crippen molar-refractivity contribution in [2.24, 2.45) is 5.41 Å². The summed E-state index contributed by atoms with van der Waals surface area (Å²) in [5.41, 5.74) is 0.386. The highest BCUT2D eigenvalue weighted by Gasteiger charge is 2.26. The molecule has 126 valence electrons. The van der Waals surface area contributed by atoms with Crippen molar-refractivity contribution in [3.8, 4) is 0 Å². The molecule has 2 atom stereocenters. The van der Waals surface area contributed by atoms with Gasteiger partial charge in [-0.25, -0.2) is 0 Å². The van der Waals surface area contributed by atoms with E-state index >= 15 is 0 Å². The van der Waals surface area contributed by atoms with Crippen molar-refractivity contribution in [1.29, 1.82) is 0 Å². The highest BCUT2D eigenvalue weighted by Crippen LogP contribution is 2.23. The third-order valence-electron chi connectivity index (χ3n) is 4.89. The summed E-state index contributed by atoms with van der Waals surface area (Å²) >= 11 is 0. The van der Waals surface area contributed by atoms with Crippen molar-refractivity contribution >= 4 is 0 Å². The third-order valence-corrected chi connectivity index (χ3v) is 4.89. The minimum Gasteiger partial charge on any atom is -0.315 e. The molecule has 1 saturated carbocycles. The quantitative estimate of drug-likeness (QED) is 0.802. The summed E-state index contributed by atoms with van der Waals surface area (Å²) in [6.07, 6.45) is 14.1. The smallest absolute Gasteiger partial charge is 0.0246 e. The second-order valence-electron chi connectivity index (χ2n) is 8.34. The van der Waals surface area contributed by atoms with Gasteiger partial charge in [-0.1, -0.05) is 72.1 Å². The molecule has 0 heterocycles. The fourth-order valence-electron chi connectivity index (χ4n) is 3.90. The topological polar surface area (TPSA) is 15.3 Å². The van der Waals surface area contributed by atoms with Crippen LogP contribution in [0.4, 0.5) is 0 Å². The van der Waals surface area contributed by atoms with Crippen LogP contribution in [0.3, 0.4) is 0 Å². The number of likely N-dealkylation sites (N-methyl/N-ethyl adjacent to an activating group) is 2. The Morgan fingerprint density at radius 1 is 0.857 bits per heavy atom. The van der Waals surface area contributed by atoms with Crippen LogP contribution in [0.2, 0.25) is 0 Å². The van der Waals surface area contributed by atoms with Crippen LogP contribution in [0.15, 0.2) is 0 Å². The first-order chi connectivity index (χ1) is 9.94. The predicted octanol–water partition coefficient (Wildman–Crippen LogP) is 4.84. The SMILES string of the molecule is CNC1CCCCCCCCCCC1N(C)CC(C)(C)C. The fraction of sp³-hybridized carbons (Fsp3) is 1.00. The molecule has 1 aliphatic rings. The van der Waals surface area contributed by atoms with Gasteiger partial charge in [0.05, 0.1) is 0 Å². The van der Waals surface area contributed by atoms with Crippen LogP contribution in [0.1, 0.15) is 85.0 Å². The van der Waals surface area contributed by atoms with E-state index in [0.29, 0.717) is 17.5 Å². The molecule has 1 rings (SSSR count). The molecule has 0 saturated heterocycles. The standard InChI is InChI=1S/C19H40N2/c1-19(2,3)16-21(5)18-15-13-11-9-7-6-8-10-12-14-17(18)20-4/h17-18,20H,6-16H2,1-5H3. The average molecular weight is 297 g/mol. The number of nitrogens with zero attached hydrogens (tertiary/aromatic N) is 1. The Morgan fingerprint density at radius 3 is 1.81 bits per heavy atom. The Balaban J connectivity index is 2.65. The lowest BCUT2D eigenvalue weighted by molar-refractivity contribution is 0.129. The molecule has 0 spiro atoms. The van der Waals surface area contributed by atoms with E-state index in [1.54, 1.807) is 0 Å².